The first-order chi connectivity index (χ1) is 13.5. The van der Waals surface area contributed by atoms with Crippen molar-refractivity contribution < 1.29 is 9.59 Å². The smallest absolute Gasteiger partial charge is 0.240 e. The molecule has 138 valence electrons. The van der Waals surface area contributed by atoms with Crippen LogP contribution in [0.1, 0.15) is 28.3 Å². The zero-order valence-electron chi connectivity index (χ0n) is 15.7. The van der Waals surface area contributed by atoms with Gasteiger partial charge in [-0.25, -0.2) is 4.90 Å². The molecule has 2 fully saturated rings. The van der Waals surface area contributed by atoms with Crippen molar-refractivity contribution in [3.05, 3.63) is 70.9 Å². The van der Waals surface area contributed by atoms with E-state index in [2.05, 4.69) is 6.07 Å². The molecule has 0 N–H and O–H groups in total. The van der Waals surface area contributed by atoms with Crippen molar-refractivity contribution in [3.8, 4) is 6.07 Å². The third-order valence-corrected chi connectivity index (χ3v) is 6.34. The molecule has 0 unspecified atom stereocenters. The fraction of sp³-hybridized carbons (Fsp3) is 0.261. The van der Waals surface area contributed by atoms with Gasteiger partial charge in [-0.3, -0.25) is 9.59 Å². The maximum absolute atomic E-state index is 13.5. The van der Waals surface area contributed by atoms with Gasteiger partial charge >= 0.3 is 0 Å². The topological polar surface area (TPSA) is 64.4 Å². The van der Waals surface area contributed by atoms with Gasteiger partial charge in [-0.2, -0.15) is 5.26 Å². The van der Waals surface area contributed by atoms with Gasteiger partial charge in [-0.1, -0.05) is 30.3 Å². The van der Waals surface area contributed by atoms with Gasteiger partial charge in [0.2, 0.25) is 11.8 Å². The van der Waals surface area contributed by atoms with E-state index in [9.17, 15) is 14.9 Å². The Morgan fingerprint density at radius 2 is 1.71 bits per heavy atom. The van der Waals surface area contributed by atoms with Crippen LogP contribution < -0.4 is 4.90 Å². The van der Waals surface area contributed by atoms with Crippen molar-refractivity contribution in [2.24, 2.45) is 11.8 Å². The average molecular weight is 369 g/mol. The van der Waals surface area contributed by atoms with Crippen LogP contribution in [0.25, 0.3) is 6.08 Å². The number of carbonyl (C=O) groups excluding carboxylic acids is 2. The monoisotopic (exact) mass is 369 g/mol. The number of nitriles is 1. The fourth-order valence-corrected chi connectivity index (χ4v) is 4.82. The van der Waals surface area contributed by atoms with Gasteiger partial charge in [-0.15, -0.1) is 0 Å². The van der Waals surface area contributed by atoms with E-state index in [0.717, 1.165) is 22.3 Å². The van der Waals surface area contributed by atoms with Crippen LogP contribution in [0.4, 0.5) is 5.69 Å². The van der Waals surface area contributed by atoms with E-state index in [4.69, 9.17) is 0 Å². The SMILES string of the molecule is Cc1ccc(N2C(=O)[C@@H]3[C@H](C2=O)[C@@H](C#N)N2C=Cc4ccccc4[C@H]32)cc1C. The van der Waals surface area contributed by atoms with Crippen LogP contribution in [0.5, 0.6) is 0 Å². The molecule has 5 heteroatoms. The Hall–Kier alpha value is -3.39. The standard InChI is InChI=1S/C23H19N3O2/c1-13-7-8-16(11-14(13)2)26-22(27)19-18(12-24)25-10-9-15-5-3-4-6-17(15)21(25)20(19)23(26)28/h3-11,18-21H,1-2H3/t18-,19-,20-,21-/m1/s1. The van der Waals surface area contributed by atoms with E-state index in [1.165, 1.54) is 4.90 Å². The van der Waals surface area contributed by atoms with Crippen LogP contribution in [0.2, 0.25) is 0 Å². The Morgan fingerprint density at radius 1 is 0.964 bits per heavy atom. The first-order valence-corrected chi connectivity index (χ1v) is 9.42. The van der Waals surface area contributed by atoms with Gasteiger partial charge in [0.15, 0.2) is 0 Å². The molecule has 0 aromatic heterocycles. The number of benzene rings is 2. The number of hydrogen-bond acceptors (Lipinski definition) is 4. The largest absolute Gasteiger partial charge is 0.353 e. The quantitative estimate of drug-likeness (QED) is 0.723. The molecule has 3 aliphatic rings. The summed E-state index contributed by atoms with van der Waals surface area (Å²) in [6.45, 7) is 3.96. The molecule has 0 bridgehead atoms. The summed E-state index contributed by atoms with van der Waals surface area (Å²) in [5.41, 5.74) is 4.76. The van der Waals surface area contributed by atoms with Gasteiger partial charge in [0, 0.05) is 6.20 Å². The molecule has 5 rings (SSSR count). The Balaban J connectivity index is 1.63. The molecule has 3 heterocycles. The number of carbonyl (C=O) groups is 2. The maximum atomic E-state index is 13.5. The molecule has 0 aliphatic carbocycles. The predicted molar refractivity (Wildman–Crippen MR) is 105 cm³/mol. The molecule has 2 saturated heterocycles. The Kier molecular flexibility index (Phi) is 3.47. The van der Waals surface area contributed by atoms with Gasteiger partial charge in [0.25, 0.3) is 0 Å². The molecule has 3 aliphatic heterocycles. The van der Waals surface area contributed by atoms with Gasteiger partial charge in [0.05, 0.1) is 29.6 Å². The number of imide groups is 1. The molecular formula is C23H19N3O2. The van der Waals surface area contributed by atoms with Crippen molar-refractivity contribution >= 4 is 23.6 Å². The first-order valence-electron chi connectivity index (χ1n) is 9.42. The third-order valence-electron chi connectivity index (χ3n) is 6.34. The highest BCUT2D eigenvalue weighted by atomic mass is 16.2. The second-order valence-corrected chi connectivity index (χ2v) is 7.74. The first kappa shape index (κ1) is 16.8. The Bertz CT molecular complexity index is 1100. The molecular weight excluding hydrogens is 350 g/mol. The lowest BCUT2D eigenvalue weighted by Gasteiger charge is -2.33. The highest BCUT2D eigenvalue weighted by molar-refractivity contribution is 6.23. The van der Waals surface area contributed by atoms with Gasteiger partial charge in [0.1, 0.15) is 6.04 Å². The molecule has 0 saturated carbocycles. The molecule has 2 aromatic carbocycles. The lowest BCUT2D eigenvalue weighted by molar-refractivity contribution is -0.123. The number of fused-ring (bicyclic) bond motifs is 5. The van der Waals surface area contributed by atoms with Crippen LogP contribution in [0.15, 0.2) is 48.7 Å². The minimum absolute atomic E-state index is 0.212. The van der Waals surface area contributed by atoms with Crippen molar-refractivity contribution in [2.75, 3.05) is 4.90 Å². The molecule has 4 atom stereocenters. The number of anilines is 1. The van der Waals surface area contributed by atoms with E-state index in [0.29, 0.717) is 5.69 Å². The molecule has 2 amide bonds. The highest BCUT2D eigenvalue weighted by Crippen LogP contribution is 2.52. The second kappa shape index (κ2) is 5.80. The van der Waals surface area contributed by atoms with Crippen molar-refractivity contribution in [1.29, 1.82) is 5.26 Å². The summed E-state index contributed by atoms with van der Waals surface area (Å²) in [4.78, 5) is 30.0. The van der Waals surface area contributed by atoms with E-state index >= 15 is 0 Å². The normalized spacial score (nSPS) is 27.5. The third kappa shape index (κ3) is 2.06. The number of hydrogen-bond donors (Lipinski definition) is 0. The van der Waals surface area contributed by atoms with Gasteiger partial charge in [-0.05, 0) is 54.3 Å². The number of rotatable bonds is 1. The summed E-state index contributed by atoms with van der Waals surface area (Å²) in [6, 6.07) is 14.8. The fourth-order valence-electron chi connectivity index (χ4n) is 4.82. The van der Waals surface area contributed by atoms with E-state index in [-0.39, 0.29) is 17.9 Å². The minimum Gasteiger partial charge on any atom is -0.353 e. The van der Waals surface area contributed by atoms with E-state index in [1.807, 2.05) is 73.5 Å². The summed E-state index contributed by atoms with van der Waals surface area (Å²) >= 11 is 0. The molecule has 2 aromatic rings. The van der Waals surface area contributed by atoms with Crippen molar-refractivity contribution in [1.82, 2.24) is 4.90 Å². The van der Waals surface area contributed by atoms with Crippen LogP contribution >= 0.6 is 0 Å². The highest BCUT2D eigenvalue weighted by Gasteiger charge is 2.63. The lowest BCUT2D eigenvalue weighted by atomic mass is 9.85. The van der Waals surface area contributed by atoms with E-state index in [1.54, 1.807) is 0 Å². The minimum atomic E-state index is -0.653. The summed E-state index contributed by atoms with van der Waals surface area (Å²) in [7, 11) is 0. The van der Waals surface area contributed by atoms with Crippen molar-refractivity contribution in [2.45, 2.75) is 25.9 Å². The lowest BCUT2D eigenvalue weighted by Crippen LogP contribution is -2.40. The molecule has 5 nitrogen and oxygen atoms in total. The summed E-state index contributed by atoms with van der Waals surface area (Å²) in [5.74, 6) is -1.69. The number of nitrogens with zero attached hydrogens (tertiary/aromatic N) is 3. The number of amides is 2. The summed E-state index contributed by atoms with van der Waals surface area (Å²) in [6.07, 6.45) is 3.81. The van der Waals surface area contributed by atoms with E-state index < -0.39 is 17.9 Å². The van der Waals surface area contributed by atoms with Crippen molar-refractivity contribution in [3.63, 3.8) is 0 Å². The van der Waals surface area contributed by atoms with Crippen LogP contribution in [0.3, 0.4) is 0 Å². The number of aryl methyl sites for hydroxylation is 2. The Morgan fingerprint density at radius 3 is 2.46 bits per heavy atom. The average Bonchev–Trinajstić information content (AvgIpc) is 3.17. The molecule has 0 spiro atoms. The van der Waals surface area contributed by atoms with Crippen LogP contribution in [0, 0.1) is 37.0 Å². The Labute approximate surface area is 163 Å². The zero-order chi connectivity index (χ0) is 19.6. The molecule has 0 radical (unpaired) electrons. The maximum Gasteiger partial charge on any atom is 0.240 e. The zero-order valence-corrected chi connectivity index (χ0v) is 15.7. The summed E-state index contributed by atoms with van der Waals surface area (Å²) in [5, 5.41) is 9.83. The predicted octanol–water partition coefficient (Wildman–Crippen LogP) is 3.34. The summed E-state index contributed by atoms with van der Waals surface area (Å²) < 4.78 is 0. The second-order valence-electron chi connectivity index (χ2n) is 7.74. The van der Waals surface area contributed by atoms with Crippen LogP contribution in [-0.4, -0.2) is 22.8 Å². The van der Waals surface area contributed by atoms with Gasteiger partial charge < -0.3 is 4.90 Å². The van der Waals surface area contributed by atoms with Crippen LogP contribution in [-0.2, 0) is 9.59 Å². The molecule has 28 heavy (non-hydrogen) atoms.